The van der Waals surface area contributed by atoms with Gasteiger partial charge >= 0.3 is 0 Å². The molecule has 1 aliphatic rings. The Labute approximate surface area is 118 Å². The van der Waals surface area contributed by atoms with Gasteiger partial charge in [0.2, 0.25) is 0 Å². The molecule has 4 heteroatoms. The van der Waals surface area contributed by atoms with Crippen molar-refractivity contribution in [1.29, 1.82) is 0 Å². The van der Waals surface area contributed by atoms with Crippen LogP contribution in [0, 0.1) is 5.92 Å². The maximum absolute atomic E-state index is 5.89. The second kappa shape index (κ2) is 5.98. The largest absolute Gasteiger partial charge is 0.358 e. The van der Waals surface area contributed by atoms with Gasteiger partial charge in [0.1, 0.15) is 0 Å². The van der Waals surface area contributed by atoms with Gasteiger partial charge in [0.05, 0.1) is 12.1 Å². The number of nitrogens with one attached hydrogen (secondary N) is 1. The first kappa shape index (κ1) is 13.8. The molecule has 98 valence electrons. The van der Waals surface area contributed by atoms with Crippen LogP contribution in [0.15, 0.2) is 29.3 Å². The molecule has 0 aliphatic carbocycles. The Kier molecular flexibility index (Phi) is 4.57. The van der Waals surface area contributed by atoms with Crippen molar-refractivity contribution in [2.75, 3.05) is 5.75 Å². The molecule has 0 saturated carbocycles. The molecule has 1 aliphatic heterocycles. The average molecular weight is 283 g/mol. The standard InChI is InChI=1S/C14H19ClN2S/c1-9(2)13-8-18-14(17-13)16-10(3)11-4-6-12(15)7-5-11/h4-7,9-10,13H,8H2,1-3H3,(H,16,17)/t10?,13-/m1/s1. The van der Waals surface area contributed by atoms with Crippen molar-refractivity contribution >= 4 is 28.5 Å². The summed E-state index contributed by atoms with van der Waals surface area (Å²) in [7, 11) is 0. The Hall–Kier alpha value is -0.670. The highest BCUT2D eigenvalue weighted by Gasteiger charge is 2.22. The molecule has 2 rings (SSSR count). The summed E-state index contributed by atoms with van der Waals surface area (Å²) < 4.78 is 0. The second-order valence-electron chi connectivity index (χ2n) is 4.97. The highest BCUT2D eigenvalue weighted by Crippen LogP contribution is 2.24. The number of rotatable bonds is 3. The Morgan fingerprint density at radius 1 is 1.28 bits per heavy atom. The van der Waals surface area contributed by atoms with Crippen LogP contribution in [-0.2, 0) is 0 Å². The normalized spacial score (nSPS) is 20.9. The molecule has 2 nitrogen and oxygen atoms in total. The summed E-state index contributed by atoms with van der Waals surface area (Å²) in [5, 5.41) is 5.31. The Balaban J connectivity index is 1.98. The van der Waals surface area contributed by atoms with Crippen molar-refractivity contribution in [3.8, 4) is 0 Å². The molecular weight excluding hydrogens is 264 g/mol. The van der Waals surface area contributed by atoms with Gasteiger partial charge in [-0.1, -0.05) is 49.3 Å². The fourth-order valence-electron chi connectivity index (χ4n) is 1.83. The van der Waals surface area contributed by atoms with E-state index < -0.39 is 0 Å². The van der Waals surface area contributed by atoms with E-state index in [0.29, 0.717) is 12.0 Å². The molecule has 1 aromatic carbocycles. The quantitative estimate of drug-likeness (QED) is 0.902. The smallest absolute Gasteiger partial charge is 0.157 e. The molecule has 1 heterocycles. The highest BCUT2D eigenvalue weighted by molar-refractivity contribution is 8.14. The number of hydrogen-bond donors (Lipinski definition) is 1. The van der Waals surface area contributed by atoms with E-state index in [9.17, 15) is 0 Å². The van der Waals surface area contributed by atoms with Gasteiger partial charge in [0.15, 0.2) is 5.17 Å². The molecule has 0 fully saturated rings. The van der Waals surface area contributed by atoms with Crippen LogP contribution in [0.3, 0.4) is 0 Å². The van der Waals surface area contributed by atoms with E-state index in [1.807, 2.05) is 23.9 Å². The third-order valence-electron chi connectivity index (χ3n) is 3.15. The molecule has 1 unspecified atom stereocenters. The van der Waals surface area contributed by atoms with Crippen LogP contribution in [-0.4, -0.2) is 17.0 Å². The van der Waals surface area contributed by atoms with Crippen LogP contribution < -0.4 is 5.32 Å². The Morgan fingerprint density at radius 2 is 1.94 bits per heavy atom. The number of thioether (sulfide) groups is 1. The lowest BCUT2D eigenvalue weighted by atomic mass is 10.1. The van der Waals surface area contributed by atoms with Crippen molar-refractivity contribution in [3.63, 3.8) is 0 Å². The lowest BCUT2D eigenvalue weighted by Crippen LogP contribution is -2.23. The van der Waals surface area contributed by atoms with E-state index in [2.05, 4.69) is 38.2 Å². The van der Waals surface area contributed by atoms with Crippen LogP contribution in [0.1, 0.15) is 32.4 Å². The number of aliphatic imine (C=N–C) groups is 1. The molecule has 0 saturated heterocycles. The van der Waals surface area contributed by atoms with Crippen molar-refractivity contribution in [1.82, 2.24) is 5.32 Å². The van der Waals surface area contributed by atoms with Gasteiger partial charge in [-0.05, 0) is 30.5 Å². The van der Waals surface area contributed by atoms with Crippen LogP contribution in [0.5, 0.6) is 0 Å². The summed E-state index contributed by atoms with van der Waals surface area (Å²) in [6, 6.07) is 8.68. The van der Waals surface area contributed by atoms with Gasteiger partial charge in [0, 0.05) is 10.8 Å². The van der Waals surface area contributed by atoms with E-state index in [1.165, 1.54) is 5.56 Å². The number of hydrogen-bond acceptors (Lipinski definition) is 3. The van der Waals surface area contributed by atoms with Crippen molar-refractivity contribution in [3.05, 3.63) is 34.9 Å². The summed E-state index contributed by atoms with van der Waals surface area (Å²) >= 11 is 7.71. The van der Waals surface area contributed by atoms with Crippen molar-refractivity contribution in [2.45, 2.75) is 32.9 Å². The lowest BCUT2D eigenvalue weighted by Gasteiger charge is -2.15. The monoisotopic (exact) mass is 282 g/mol. The molecule has 2 atom stereocenters. The molecule has 0 aromatic heterocycles. The summed E-state index contributed by atoms with van der Waals surface area (Å²) in [6.07, 6.45) is 0. The predicted octanol–water partition coefficient (Wildman–Crippen LogP) is 4.12. The van der Waals surface area contributed by atoms with E-state index in [4.69, 9.17) is 16.6 Å². The third-order valence-corrected chi connectivity index (χ3v) is 4.41. The first-order valence-electron chi connectivity index (χ1n) is 6.29. The maximum Gasteiger partial charge on any atom is 0.157 e. The van der Waals surface area contributed by atoms with Gasteiger partial charge < -0.3 is 5.32 Å². The van der Waals surface area contributed by atoms with E-state index in [0.717, 1.165) is 15.9 Å². The third kappa shape index (κ3) is 3.42. The lowest BCUT2D eigenvalue weighted by molar-refractivity contribution is 0.541. The number of benzene rings is 1. The van der Waals surface area contributed by atoms with E-state index in [1.54, 1.807) is 0 Å². The molecule has 1 aromatic rings. The molecular formula is C14H19ClN2S. The van der Waals surface area contributed by atoms with Gasteiger partial charge in [-0.3, -0.25) is 4.99 Å². The van der Waals surface area contributed by atoms with Gasteiger partial charge in [-0.2, -0.15) is 0 Å². The summed E-state index contributed by atoms with van der Waals surface area (Å²) in [4.78, 5) is 4.71. The number of halogens is 1. The zero-order chi connectivity index (χ0) is 13.1. The average Bonchev–Trinajstić information content (AvgIpc) is 2.78. The van der Waals surface area contributed by atoms with Crippen LogP contribution in [0.25, 0.3) is 0 Å². The molecule has 0 amide bonds. The van der Waals surface area contributed by atoms with E-state index >= 15 is 0 Å². The zero-order valence-corrected chi connectivity index (χ0v) is 12.6. The minimum Gasteiger partial charge on any atom is -0.358 e. The summed E-state index contributed by atoms with van der Waals surface area (Å²) in [6.45, 7) is 6.59. The SMILES string of the molecule is CC(NC1=N[C@@H](C(C)C)CS1)c1ccc(Cl)cc1. The van der Waals surface area contributed by atoms with Gasteiger partial charge in [-0.15, -0.1) is 0 Å². The van der Waals surface area contributed by atoms with Crippen molar-refractivity contribution < 1.29 is 0 Å². The zero-order valence-electron chi connectivity index (χ0n) is 11.0. The molecule has 18 heavy (non-hydrogen) atoms. The fraction of sp³-hybridized carbons (Fsp3) is 0.500. The first-order chi connectivity index (χ1) is 8.56. The molecule has 1 N–H and O–H groups in total. The number of amidine groups is 1. The van der Waals surface area contributed by atoms with E-state index in [-0.39, 0.29) is 6.04 Å². The Bertz CT molecular complexity index is 428. The Morgan fingerprint density at radius 3 is 2.50 bits per heavy atom. The minimum absolute atomic E-state index is 0.263. The minimum atomic E-state index is 0.263. The summed E-state index contributed by atoms with van der Waals surface area (Å²) in [5.41, 5.74) is 1.23. The molecule has 0 bridgehead atoms. The number of nitrogens with zero attached hydrogens (tertiary/aromatic N) is 1. The maximum atomic E-state index is 5.89. The first-order valence-corrected chi connectivity index (χ1v) is 7.65. The second-order valence-corrected chi connectivity index (χ2v) is 6.42. The predicted molar refractivity (Wildman–Crippen MR) is 81.5 cm³/mol. The summed E-state index contributed by atoms with van der Waals surface area (Å²) in [5.74, 6) is 1.70. The van der Waals surface area contributed by atoms with Crippen LogP contribution in [0.2, 0.25) is 5.02 Å². The van der Waals surface area contributed by atoms with Crippen molar-refractivity contribution in [2.24, 2.45) is 10.9 Å². The van der Waals surface area contributed by atoms with Crippen LogP contribution >= 0.6 is 23.4 Å². The van der Waals surface area contributed by atoms with Gasteiger partial charge in [-0.25, -0.2) is 0 Å². The molecule has 0 spiro atoms. The highest BCUT2D eigenvalue weighted by atomic mass is 35.5. The fourth-order valence-corrected chi connectivity index (χ4v) is 3.21. The topological polar surface area (TPSA) is 24.4 Å². The molecule has 0 radical (unpaired) electrons. The van der Waals surface area contributed by atoms with Gasteiger partial charge in [0.25, 0.3) is 0 Å². The van der Waals surface area contributed by atoms with Crippen LogP contribution in [0.4, 0.5) is 0 Å².